The number of carbonyl (C=O) groups is 1. The number of carbonyl (C=O) groups excluding carboxylic acids is 1. The summed E-state index contributed by atoms with van der Waals surface area (Å²) in [5, 5.41) is 12.1. The molecule has 6 nitrogen and oxygen atoms in total. The highest BCUT2D eigenvalue weighted by Crippen LogP contribution is 2.38. The van der Waals surface area contributed by atoms with Gasteiger partial charge in [0.15, 0.2) is 11.4 Å². The van der Waals surface area contributed by atoms with Crippen molar-refractivity contribution in [1.82, 2.24) is 20.3 Å². The van der Waals surface area contributed by atoms with Gasteiger partial charge < -0.3 is 4.52 Å². The third-order valence-electron chi connectivity index (χ3n) is 4.76. The normalized spacial score (nSPS) is 17.1. The lowest BCUT2D eigenvalue weighted by molar-refractivity contribution is -0.121. The zero-order chi connectivity index (χ0) is 16.5. The molecule has 0 aliphatic heterocycles. The van der Waals surface area contributed by atoms with E-state index in [9.17, 15) is 4.79 Å². The molecule has 0 saturated heterocycles. The minimum atomic E-state index is -0.141. The molecule has 3 heterocycles. The first-order valence-electron chi connectivity index (χ1n) is 8.59. The molecule has 1 unspecified atom stereocenters. The van der Waals surface area contributed by atoms with Gasteiger partial charge in [0, 0.05) is 17.4 Å². The summed E-state index contributed by atoms with van der Waals surface area (Å²) in [6, 6.07) is 3.90. The summed E-state index contributed by atoms with van der Waals surface area (Å²) < 4.78 is 5.61. The van der Waals surface area contributed by atoms with Crippen LogP contribution >= 0.6 is 0 Å². The second-order valence-electron chi connectivity index (χ2n) is 6.39. The number of aromatic nitrogens is 4. The van der Waals surface area contributed by atoms with Crippen molar-refractivity contribution < 1.29 is 9.32 Å². The summed E-state index contributed by atoms with van der Waals surface area (Å²) in [5.41, 5.74) is 3.30. The highest BCUT2D eigenvalue weighted by atomic mass is 16.5. The monoisotopic (exact) mass is 324 g/mol. The lowest BCUT2D eigenvalue weighted by atomic mass is 9.83. The number of ketones is 1. The first-order valence-corrected chi connectivity index (χ1v) is 8.59. The van der Waals surface area contributed by atoms with Gasteiger partial charge in [0.1, 0.15) is 11.5 Å². The molecule has 0 spiro atoms. The van der Waals surface area contributed by atoms with Gasteiger partial charge in [-0.25, -0.2) is 4.98 Å². The topological polar surface area (TPSA) is 84.7 Å². The van der Waals surface area contributed by atoms with Crippen LogP contribution in [0.15, 0.2) is 22.9 Å². The first-order chi connectivity index (χ1) is 11.8. The lowest BCUT2D eigenvalue weighted by Crippen LogP contribution is -2.17. The van der Waals surface area contributed by atoms with E-state index in [1.54, 1.807) is 6.20 Å². The molecule has 124 valence electrons. The van der Waals surface area contributed by atoms with Gasteiger partial charge in [-0.15, -0.1) is 0 Å². The number of H-pyrrole nitrogens is 1. The average Bonchev–Trinajstić information content (AvgIpc) is 3.24. The van der Waals surface area contributed by atoms with Crippen LogP contribution in [0.4, 0.5) is 0 Å². The van der Waals surface area contributed by atoms with Crippen LogP contribution in [0.2, 0.25) is 0 Å². The quantitative estimate of drug-likeness (QED) is 0.771. The van der Waals surface area contributed by atoms with Crippen LogP contribution in [0.3, 0.4) is 0 Å². The van der Waals surface area contributed by atoms with E-state index >= 15 is 0 Å². The van der Waals surface area contributed by atoms with Gasteiger partial charge >= 0.3 is 0 Å². The van der Waals surface area contributed by atoms with Crippen molar-refractivity contribution >= 4 is 16.8 Å². The van der Waals surface area contributed by atoms with E-state index in [2.05, 4.69) is 27.3 Å². The predicted octanol–water partition coefficient (Wildman–Crippen LogP) is 3.79. The molecule has 0 bridgehead atoms. The van der Waals surface area contributed by atoms with Crippen LogP contribution in [0.5, 0.6) is 0 Å². The van der Waals surface area contributed by atoms with Crippen LogP contribution in [-0.2, 0) is 11.2 Å². The highest BCUT2D eigenvalue weighted by Gasteiger charge is 2.32. The minimum absolute atomic E-state index is 0.141. The van der Waals surface area contributed by atoms with E-state index < -0.39 is 0 Å². The second-order valence-corrected chi connectivity index (χ2v) is 6.39. The molecule has 0 radical (unpaired) electrons. The molecule has 0 saturated carbocycles. The Morgan fingerprint density at radius 3 is 3.21 bits per heavy atom. The van der Waals surface area contributed by atoms with E-state index in [4.69, 9.17) is 4.52 Å². The van der Waals surface area contributed by atoms with Crippen molar-refractivity contribution in [3.8, 4) is 11.4 Å². The number of Topliss-reactive ketones (excluding diaryl/α,β-unsaturated/α-hetero) is 1. The van der Waals surface area contributed by atoms with E-state index in [0.29, 0.717) is 6.42 Å². The van der Waals surface area contributed by atoms with Crippen molar-refractivity contribution in [1.29, 1.82) is 0 Å². The Morgan fingerprint density at radius 1 is 1.42 bits per heavy atom. The fourth-order valence-electron chi connectivity index (χ4n) is 3.44. The van der Waals surface area contributed by atoms with Crippen molar-refractivity contribution in [2.45, 2.75) is 51.4 Å². The SMILES string of the molecule is CCCCC(=O)C1CCCc2c(-c3ccc4cn[nH]c4n3)noc21. The Hall–Kier alpha value is -2.50. The van der Waals surface area contributed by atoms with Crippen LogP contribution in [-0.4, -0.2) is 26.1 Å². The molecule has 3 aromatic heterocycles. The summed E-state index contributed by atoms with van der Waals surface area (Å²) in [6.45, 7) is 2.10. The first kappa shape index (κ1) is 15.1. The minimum Gasteiger partial charge on any atom is -0.360 e. The number of nitrogens with zero attached hydrogens (tertiary/aromatic N) is 3. The summed E-state index contributed by atoms with van der Waals surface area (Å²) >= 11 is 0. The van der Waals surface area contributed by atoms with Gasteiger partial charge in [-0.1, -0.05) is 18.5 Å². The molecule has 1 atom stereocenters. The zero-order valence-electron chi connectivity index (χ0n) is 13.7. The number of aromatic amines is 1. The van der Waals surface area contributed by atoms with Gasteiger partial charge in [-0.2, -0.15) is 5.10 Å². The van der Waals surface area contributed by atoms with E-state index in [1.807, 2.05) is 12.1 Å². The van der Waals surface area contributed by atoms with Crippen molar-refractivity contribution in [2.24, 2.45) is 0 Å². The second kappa shape index (κ2) is 6.19. The maximum absolute atomic E-state index is 12.5. The number of unbranched alkanes of at least 4 members (excludes halogenated alkanes) is 1. The summed E-state index contributed by atoms with van der Waals surface area (Å²) in [6.07, 6.45) is 7.05. The molecule has 1 aliphatic rings. The lowest BCUT2D eigenvalue weighted by Gasteiger charge is -2.19. The molecule has 1 N–H and O–H groups in total. The Balaban J connectivity index is 1.69. The molecular weight excluding hydrogens is 304 g/mol. The average molecular weight is 324 g/mol. The summed E-state index contributed by atoms with van der Waals surface area (Å²) in [7, 11) is 0. The number of hydrogen-bond acceptors (Lipinski definition) is 5. The van der Waals surface area contributed by atoms with Crippen LogP contribution in [0.25, 0.3) is 22.4 Å². The number of fused-ring (bicyclic) bond motifs is 2. The maximum Gasteiger partial charge on any atom is 0.155 e. The standard InChI is InChI=1S/C18H20N4O2/c1-2-3-7-15(23)12-5-4-6-13-16(22-24-17(12)13)14-9-8-11-10-19-21-18(11)20-14/h8-10,12H,2-7H2,1H3,(H,19,20,21). The van der Waals surface area contributed by atoms with Crippen LogP contribution in [0, 0.1) is 0 Å². The summed E-state index contributed by atoms with van der Waals surface area (Å²) in [5.74, 6) is 0.888. The predicted molar refractivity (Wildman–Crippen MR) is 89.6 cm³/mol. The molecule has 1 aliphatic carbocycles. The van der Waals surface area contributed by atoms with Gasteiger partial charge in [0.25, 0.3) is 0 Å². The summed E-state index contributed by atoms with van der Waals surface area (Å²) in [4.78, 5) is 17.1. The molecule has 0 amide bonds. The molecule has 0 aromatic carbocycles. The van der Waals surface area contributed by atoms with Crippen molar-refractivity contribution in [3.63, 3.8) is 0 Å². The Morgan fingerprint density at radius 2 is 2.33 bits per heavy atom. The van der Waals surface area contributed by atoms with E-state index in [-0.39, 0.29) is 11.7 Å². The van der Waals surface area contributed by atoms with Crippen molar-refractivity contribution in [2.75, 3.05) is 0 Å². The molecule has 0 fully saturated rings. The third kappa shape index (κ3) is 2.52. The van der Waals surface area contributed by atoms with E-state index in [1.165, 1.54) is 0 Å². The molecule has 4 rings (SSSR count). The van der Waals surface area contributed by atoms with Crippen LogP contribution in [0.1, 0.15) is 56.3 Å². The number of pyridine rings is 1. The number of hydrogen-bond donors (Lipinski definition) is 1. The zero-order valence-corrected chi connectivity index (χ0v) is 13.7. The largest absolute Gasteiger partial charge is 0.360 e. The molecule has 6 heteroatoms. The van der Waals surface area contributed by atoms with E-state index in [0.717, 1.165) is 65.8 Å². The Bertz CT molecular complexity index is 880. The van der Waals surface area contributed by atoms with Crippen molar-refractivity contribution in [3.05, 3.63) is 29.7 Å². The maximum atomic E-state index is 12.5. The van der Waals surface area contributed by atoms with Gasteiger partial charge in [-0.05, 0) is 37.8 Å². The Kier molecular flexibility index (Phi) is 3.88. The fourth-order valence-corrected chi connectivity index (χ4v) is 3.44. The number of rotatable bonds is 5. The van der Waals surface area contributed by atoms with Gasteiger partial charge in [0.2, 0.25) is 0 Å². The smallest absolute Gasteiger partial charge is 0.155 e. The number of nitrogens with one attached hydrogen (secondary N) is 1. The third-order valence-corrected chi connectivity index (χ3v) is 4.76. The van der Waals surface area contributed by atoms with Crippen LogP contribution < -0.4 is 0 Å². The molecule has 3 aromatic rings. The highest BCUT2D eigenvalue weighted by molar-refractivity contribution is 5.86. The van der Waals surface area contributed by atoms with Gasteiger partial charge in [0.05, 0.1) is 17.8 Å². The molecule has 24 heavy (non-hydrogen) atoms. The Labute approximate surface area is 139 Å². The molecular formula is C18H20N4O2. The van der Waals surface area contributed by atoms with Gasteiger partial charge in [-0.3, -0.25) is 9.89 Å². The fraction of sp³-hybridized carbons (Fsp3) is 0.444.